The van der Waals surface area contributed by atoms with Crippen molar-refractivity contribution in [2.75, 3.05) is 6.61 Å². The number of carbonyl (C=O) groups is 1. The van der Waals surface area contributed by atoms with Crippen LogP contribution in [0.2, 0.25) is 0 Å². The van der Waals surface area contributed by atoms with Gasteiger partial charge in [0.1, 0.15) is 8.60 Å². The molecule has 0 fully saturated rings. The van der Waals surface area contributed by atoms with E-state index in [9.17, 15) is 22.0 Å². The number of aromatic nitrogens is 2. The smallest absolute Gasteiger partial charge is 0.251 e. The van der Waals surface area contributed by atoms with Gasteiger partial charge in [-0.05, 0) is 52.9 Å². The molecule has 1 N–H and O–H groups in total. The molecule has 30 heavy (non-hydrogen) atoms. The molecule has 0 saturated carbocycles. The second-order valence-corrected chi connectivity index (χ2v) is 9.71. The lowest BCUT2D eigenvalue weighted by molar-refractivity contribution is 0.0949. The van der Waals surface area contributed by atoms with Crippen LogP contribution in [-0.2, 0) is 16.4 Å². The zero-order valence-electron chi connectivity index (χ0n) is 15.2. The van der Waals surface area contributed by atoms with Crippen molar-refractivity contribution in [3.63, 3.8) is 0 Å². The summed E-state index contributed by atoms with van der Waals surface area (Å²) in [5, 5.41) is 3.39. The number of nitrogens with one attached hydrogen (secondary N) is 1. The van der Waals surface area contributed by atoms with Crippen LogP contribution < -0.4 is 10.1 Å². The first kappa shape index (κ1) is 20.8. The highest BCUT2D eigenvalue weighted by molar-refractivity contribution is 14.1. The molecule has 2 aromatic heterocycles. The topological polar surface area (TPSA) is 98.3 Å². The van der Waals surface area contributed by atoms with E-state index >= 15 is 0 Å². The van der Waals surface area contributed by atoms with E-state index in [1.54, 1.807) is 12.3 Å². The Morgan fingerprint density at radius 1 is 1.30 bits per heavy atom. The van der Waals surface area contributed by atoms with E-state index in [-0.39, 0.29) is 18.7 Å². The van der Waals surface area contributed by atoms with E-state index in [1.807, 2.05) is 12.1 Å². The molecule has 0 aliphatic carbocycles. The molecule has 3 aromatic rings. The quantitative estimate of drug-likeness (QED) is 0.401. The summed E-state index contributed by atoms with van der Waals surface area (Å²) in [5.74, 6) is -2.34. The van der Waals surface area contributed by atoms with Gasteiger partial charge in [0.05, 0.1) is 24.4 Å². The molecule has 0 bridgehead atoms. The SMILES string of the molecule is O=C(NCc1cc2nc(I)ccc2cn1)c1cc(F)c2c(c1)S(=O)(=O)C(F)CCO2. The average molecular weight is 545 g/mol. The summed E-state index contributed by atoms with van der Waals surface area (Å²) in [4.78, 5) is 20.5. The van der Waals surface area contributed by atoms with Crippen molar-refractivity contribution < 1.29 is 26.7 Å². The van der Waals surface area contributed by atoms with Gasteiger partial charge in [-0.25, -0.2) is 22.2 Å². The van der Waals surface area contributed by atoms with Gasteiger partial charge in [-0.1, -0.05) is 0 Å². The number of halogens is 3. The summed E-state index contributed by atoms with van der Waals surface area (Å²) in [6.45, 7) is -0.272. The Morgan fingerprint density at radius 2 is 2.10 bits per heavy atom. The Morgan fingerprint density at radius 3 is 2.90 bits per heavy atom. The van der Waals surface area contributed by atoms with Crippen molar-refractivity contribution in [1.29, 1.82) is 0 Å². The minimum Gasteiger partial charge on any atom is -0.489 e. The summed E-state index contributed by atoms with van der Waals surface area (Å²) in [6.07, 6.45) is 1.20. The van der Waals surface area contributed by atoms with Crippen LogP contribution in [0, 0.1) is 9.52 Å². The van der Waals surface area contributed by atoms with E-state index in [4.69, 9.17) is 4.74 Å². The molecule has 0 saturated heterocycles. The van der Waals surface area contributed by atoms with E-state index in [0.29, 0.717) is 11.2 Å². The van der Waals surface area contributed by atoms with Crippen LogP contribution in [0.3, 0.4) is 0 Å². The van der Waals surface area contributed by atoms with E-state index in [2.05, 4.69) is 37.9 Å². The van der Waals surface area contributed by atoms with Crippen LogP contribution in [0.15, 0.2) is 41.4 Å². The average Bonchev–Trinajstić information content (AvgIpc) is 2.82. The minimum absolute atomic E-state index is 0.00954. The van der Waals surface area contributed by atoms with Gasteiger partial charge in [0, 0.05) is 23.6 Å². The van der Waals surface area contributed by atoms with Gasteiger partial charge < -0.3 is 10.1 Å². The number of ether oxygens (including phenoxy) is 1. The van der Waals surface area contributed by atoms with Crippen molar-refractivity contribution in [2.45, 2.75) is 23.4 Å². The van der Waals surface area contributed by atoms with E-state index in [1.165, 1.54) is 0 Å². The van der Waals surface area contributed by atoms with Gasteiger partial charge in [0.15, 0.2) is 11.6 Å². The number of pyridine rings is 2. The molecule has 11 heteroatoms. The minimum atomic E-state index is -4.46. The Labute approximate surface area is 183 Å². The number of fused-ring (bicyclic) bond motifs is 2. The van der Waals surface area contributed by atoms with Crippen LogP contribution in [0.25, 0.3) is 10.9 Å². The number of carbonyl (C=O) groups excluding carboxylic acids is 1. The third-order valence-electron chi connectivity index (χ3n) is 4.53. The molecule has 1 unspecified atom stereocenters. The highest BCUT2D eigenvalue weighted by Gasteiger charge is 2.35. The molecule has 4 rings (SSSR count). The van der Waals surface area contributed by atoms with E-state index < -0.39 is 44.1 Å². The first-order valence-corrected chi connectivity index (χ1v) is 11.4. The molecule has 1 atom stereocenters. The Kier molecular flexibility index (Phi) is 5.57. The van der Waals surface area contributed by atoms with Crippen molar-refractivity contribution in [1.82, 2.24) is 15.3 Å². The fourth-order valence-corrected chi connectivity index (χ4v) is 4.83. The summed E-state index contributed by atoms with van der Waals surface area (Å²) < 4.78 is 58.9. The van der Waals surface area contributed by atoms with Gasteiger partial charge in [-0.15, -0.1) is 0 Å². The van der Waals surface area contributed by atoms with Crippen molar-refractivity contribution in [3.8, 4) is 5.75 Å². The molecular formula is C19H14F2IN3O4S. The second kappa shape index (κ2) is 8.02. The maximum atomic E-state index is 14.4. The molecule has 1 amide bonds. The predicted molar refractivity (Wildman–Crippen MR) is 112 cm³/mol. The Balaban J connectivity index is 1.59. The Hall–Kier alpha value is -2.41. The van der Waals surface area contributed by atoms with Crippen LogP contribution >= 0.6 is 22.6 Å². The lowest BCUT2D eigenvalue weighted by atomic mass is 10.2. The fraction of sp³-hybridized carbons (Fsp3) is 0.211. The zero-order chi connectivity index (χ0) is 21.5. The van der Waals surface area contributed by atoms with Crippen molar-refractivity contribution in [3.05, 3.63) is 57.3 Å². The molecule has 0 spiro atoms. The number of hydrogen-bond donors (Lipinski definition) is 1. The van der Waals surface area contributed by atoms with E-state index in [0.717, 1.165) is 21.2 Å². The number of nitrogens with zero attached hydrogens (tertiary/aromatic N) is 2. The lowest BCUT2D eigenvalue weighted by Gasteiger charge is -2.11. The molecule has 7 nitrogen and oxygen atoms in total. The number of alkyl halides is 1. The summed E-state index contributed by atoms with van der Waals surface area (Å²) in [6, 6.07) is 7.22. The number of amides is 1. The van der Waals surface area contributed by atoms with Crippen LogP contribution in [0.1, 0.15) is 22.5 Å². The fourth-order valence-electron chi connectivity index (χ4n) is 3.00. The van der Waals surface area contributed by atoms with Crippen LogP contribution in [0.4, 0.5) is 8.78 Å². The number of rotatable bonds is 3. The monoisotopic (exact) mass is 545 g/mol. The third kappa shape index (κ3) is 3.95. The maximum absolute atomic E-state index is 14.4. The van der Waals surface area contributed by atoms with Gasteiger partial charge in [-0.3, -0.25) is 9.78 Å². The van der Waals surface area contributed by atoms with Crippen molar-refractivity contribution in [2.24, 2.45) is 0 Å². The summed E-state index contributed by atoms with van der Waals surface area (Å²) in [5.41, 5.74) is -1.27. The molecule has 3 heterocycles. The second-order valence-electron chi connectivity index (χ2n) is 6.56. The molecule has 1 aromatic carbocycles. The molecule has 0 radical (unpaired) electrons. The van der Waals surface area contributed by atoms with Crippen LogP contribution in [0.5, 0.6) is 5.75 Å². The standard InChI is InChI=1S/C19H14F2IN3O4S/c20-13-5-11(6-15-18(13)29-4-3-16(21)30(15,27)28)19(26)24-9-12-7-14-10(8-23-12)1-2-17(22)25-14/h1-2,5-8,16H,3-4,9H2,(H,24,26). The number of hydrogen-bond acceptors (Lipinski definition) is 6. The maximum Gasteiger partial charge on any atom is 0.251 e. The number of sulfone groups is 1. The number of benzene rings is 1. The van der Waals surface area contributed by atoms with Gasteiger partial charge in [0.2, 0.25) is 15.3 Å². The first-order valence-electron chi connectivity index (χ1n) is 8.79. The van der Waals surface area contributed by atoms with Gasteiger partial charge in [-0.2, -0.15) is 0 Å². The highest BCUT2D eigenvalue weighted by Crippen LogP contribution is 2.35. The molecular weight excluding hydrogens is 531 g/mol. The zero-order valence-corrected chi connectivity index (χ0v) is 18.2. The molecule has 1 aliphatic heterocycles. The van der Waals surface area contributed by atoms with Crippen LogP contribution in [-0.4, -0.2) is 36.4 Å². The summed E-state index contributed by atoms with van der Waals surface area (Å²) >= 11 is 2.08. The highest BCUT2D eigenvalue weighted by atomic mass is 127. The van der Waals surface area contributed by atoms with Crippen molar-refractivity contribution >= 4 is 49.2 Å². The normalized spacial score (nSPS) is 17.6. The third-order valence-corrected chi connectivity index (χ3v) is 6.96. The molecule has 1 aliphatic rings. The van der Waals surface area contributed by atoms with Gasteiger partial charge in [0.25, 0.3) is 5.91 Å². The largest absolute Gasteiger partial charge is 0.489 e. The first-order chi connectivity index (χ1) is 14.3. The lowest BCUT2D eigenvalue weighted by Crippen LogP contribution is -2.24. The predicted octanol–water partition coefficient (Wildman–Crippen LogP) is 3.16. The summed E-state index contributed by atoms with van der Waals surface area (Å²) in [7, 11) is -4.46. The Bertz CT molecular complexity index is 1270. The van der Waals surface area contributed by atoms with Gasteiger partial charge >= 0.3 is 0 Å². The molecule has 156 valence electrons.